The highest BCUT2D eigenvalue weighted by atomic mass is 16.5. The molecule has 0 radical (unpaired) electrons. The Hall–Kier alpha value is -1.90. The van der Waals surface area contributed by atoms with Crippen molar-refractivity contribution in [3.63, 3.8) is 0 Å². The molecule has 0 saturated carbocycles. The molecular formula is C14H16N2O3. The van der Waals surface area contributed by atoms with Crippen molar-refractivity contribution in [1.29, 1.82) is 5.26 Å². The average molecular weight is 260 g/mol. The third-order valence-electron chi connectivity index (χ3n) is 3.15. The zero-order chi connectivity index (χ0) is 13.7. The molecule has 1 fully saturated rings. The predicted octanol–water partition coefficient (Wildman–Crippen LogP) is 0.932. The van der Waals surface area contributed by atoms with Crippen molar-refractivity contribution in [2.75, 3.05) is 26.9 Å². The monoisotopic (exact) mass is 260 g/mol. The molecule has 1 aromatic carbocycles. The zero-order valence-corrected chi connectivity index (χ0v) is 10.8. The molecule has 5 heteroatoms. The number of carbonyl (C=O) groups excluding carboxylic acids is 1. The molecule has 1 aliphatic heterocycles. The summed E-state index contributed by atoms with van der Waals surface area (Å²) in [5.74, 6) is -0.281. The number of rotatable bonds is 3. The van der Waals surface area contributed by atoms with Crippen molar-refractivity contribution >= 4 is 5.97 Å². The van der Waals surface area contributed by atoms with Crippen LogP contribution in [0.15, 0.2) is 24.3 Å². The highest BCUT2D eigenvalue weighted by Crippen LogP contribution is 2.14. The standard InChI is InChI=1S/C14H16N2O3/c1-18-14(17)13-10-19-6-5-16(13)9-12-4-2-3-11(7-12)8-15/h2-4,7,13H,5-6,9-10H2,1H3. The van der Waals surface area contributed by atoms with Gasteiger partial charge < -0.3 is 9.47 Å². The van der Waals surface area contributed by atoms with Crippen LogP contribution < -0.4 is 0 Å². The van der Waals surface area contributed by atoms with Crippen molar-refractivity contribution in [2.45, 2.75) is 12.6 Å². The summed E-state index contributed by atoms with van der Waals surface area (Å²) in [4.78, 5) is 13.7. The Kier molecular flexibility index (Phi) is 4.50. The average Bonchev–Trinajstić information content (AvgIpc) is 2.47. The van der Waals surface area contributed by atoms with Gasteiger partial charge in [0.05, 0.1) is 32.0 Å². The van der Waals surface area contributed by atoms with Crippen molar-refractivity contribution in [3.8, 4) is 6.07 Å². The first kappa shape index (κ1) is 13.5. The number of methoxy groups -OCH3 is 1. The molecule has 1 aromatic rings. The fourth-order valence-electron chi connectivity index (χ4n) is 2.15. The number of hydrogen-bond donors (Lipinski definition) is 0. The number of nitriles is 1. The normalized spacial score (nSPS) is 19.7. The maximum atomic E-state index is 11.7. The number of nitrogens with zero attached hydrogens (tertiary/aromatic N) is 2. The van der Waals surface area contributed by atoms with Gasteiger partial charge in [-0.3, -0.25) is 9.69 Å². The number of ether oxygens (including phenoxy) is 2. The number of morpholine rings is 1. The summed E-state index contributed by atoms with van der Waals surface area (Å²) in [7, 11) is 1.38. The summed E-state index contributed by atoms with van der Waals surface area (Å²) in [6.45, 7) is 2.24. The van der Waals surface area contributed by atoms with E-state index in [-0.39, 0.29) is 12.0 Å². The van der Waals surface area contributed by atoms with Crippen molar-refractivity contribution < 1.29 is 14.3 Å². The molecule has 1 unspecified atom stereocenters. The lowest BCUT2D eigenvalue weighted by atomic mass is 10.1. The molecule has 0 amide bonds. The molecular weight excluding hydrogens is 244 g/mol. The van der Waals surface area contributed by atoms with E-state index >= 15 is 0 Å². The fraction of sp³-hybridized carbons (Fsp3) is 0.429. The van der Waals surface area contributed by atoms with Crippen molar-refractivity contribution in [2.24, 2.45) is 0 Å². The van der Waals surface area contributed by atoms with Gasteiger partial charge in [-0.15, -0.1) is 0 Å². The van der Waals surface area contributed by atoms with Crippen LogP contribution in [-0.2, 0) is 20.8 Å². The third-order valence-corrected chi connectivity index (χ3v) is 3.15. The van der Waals surface area contributed by atoms with Crippen LogP contribution in [0, 0.1) is 11.3 Å². The first-order valence-electron chi connectivity index (χ1n) is 6.13. The molecule has 1 atom stereocenters. The maximum Gasteiger partial charge on any atom is 0.325 e. The molecule has 1 aliphatic rings. The molecule has 5 nitrogen and oxygen atoms in total. The Morgan fingerprint density at radius 3 is 3.21 bits per heavy atom. The zero-order valence-electron chi connectivity index (χ0n) is 10.8. The second-order valence-corrected chi connectivity index (χ2v) is 4.40. The van der Waals surface area contributed by atoms with E-state index in [1.165, 1.54) is 7.11 Å². The Labute approximate surface area is 112 Å². The van der Waals surface area contributed by atoms with Gasteiger partial charge in [-0.25, -0.2) is 0 Å². The first-order valence-corrected chi connectivity index (χ1v) is 6.13. The predicted molar refractivity (Wildman–Crippen MR) is 68.2 cm³/mol. The molecule has 19 heavy (non-hydrogen) atoms. The maximum absolute atomic E-state index is 11.7. The molecule has 0 aliphatic carbocycles. The Balaban J connectivity index is 2.10. The minimum atomic E-state index is -0.371. The van der Waals surface area contributed by atoms with Gasteiger partial charge in [-0.2, -0.15) is 5.26 Å². The van der Waals surface area contributed by atoms with Gasteiger partial charge >= 0.3 is 5.97 Å². The lowest BCUT2D eigenvalue weighted by Crippen LogP contribution is -2.49. The first-order chi connectivity index (χ1) is 9.24. The van der Waals surface area contributed by atoms with Crippen LogP contribution in [-0.4, -0.2) is 43.8 Å². The molecule has 1 saturated heterocycles. The topological polar surface area (TPSA) is 62.6 Å². The van der Waals surface area contributed by atoms with Crippen LogP contribution >= 0.6 is 0 Å². The summed E-state index contributed by atoms with van der Waals surface area (Å²) >= 11 is 0. The van der Waals surface area contributed by atoms with E-state index in [1.54, 1.807) is 6.07 Å². The van der Waals surface area contributed by atoms with Gasteiger partial charge in [0.25, 0.3) is 0 Å². The van der Waals surface area contributed by atoms with E-state index in [9.17, 15) is 4.79 Å². The van der Waals surface area contributed by atoms with Crippen LogP contribution in [0.3, 0.4) is 0 Å². The Morgan fingerprint density at radius 1 is 1.63 bits per heavy atom. The van der Waals surface area contributed by atoms with Crippen LogP contribution in [0.2, 0.25) is 0 Å². The lowest BCUT2D eigenvalue weighted by molar-refractivity contribution is -0.153. The van der Waals surface area contributed by atoms with Gasteiger partial charge in [0.15, 0.2) is 0 Å². The van der Waals surface area contributed by atoms with Gasteiger partial charge in [0.1, 0.15) is 6.04 Å². The number of benzene rings is 1. The summed E-state index contributed by atoms with van der Waals surface area (Å²) in [5, 5.41) is 8.89. The van der Waals surface area contributed by atoms with E-state index in [4.69, 9.17) is 14.7 Å². The largest absolute Gasteiger partial charge is 0.468 e. The molecule has 0 spiro atoms. The Bertz CT molecular complexity index is 496. The minimum absolute atomic E-state index is 0.281. The highest BCUT2D eigenvalue weighted by molar-refractivity contribution is 5.75. The minimum Gasteiger partial charge on any atom is -0.468 e. The van der Waals surface area contributed by atoms with E-state index in [1.807, 2.05) is 23.1 Å². The summed E-state index contributed by atoms with van der Waals surface area (Å²) in [6, 6.07) is 9.14. The lowest BCUT2D eigenvalue weighted by Gasteiger charge is -2.33. The van der Waals surface area contributed by atoms with Crippen LogP contribution in [0.5, 0.6) is 0 Å². The van der Waals surface area contributed by atoms with Crippen LogP contribution in [0.4, 0.5) is 0 Å². The van der Waals surface area contributed by atoms with Gasteiger partial charge in [-0.1, -0.05) is 12.1 Å². The second kappa shape index (κ2) is 6.32. The van der Waals surface area contributed by atoms with Crippen LogP contribution in [0.25, 0.3) is 0 Å². The molecule has 1 heterocycles. The van der Waals surface area contributed by atoms with E-state index in [0.29, 0.717) is 31.9 Å². The molecule has 0 N–H and O–H groups in total. The fourth-order valence-corrected chi connectivity index (χ4v) is 2.15. The number of hydrogen-bond acceptors (Lipinski definition) is 5. The Morgan fingerprint density at radius 2 is 2.47 bits per heavy atom. The summed E-state index contributed by atoms with van der Waals surface area (Å²) in [5.41, 5.74) is 1.63. The van der Waals surface area contributed by atoms with E-state index < -0.39 is 0 Å². The molecule has 100 valence electrons. The summed E-state index contributed by atoms with van der Waals surface area (Å²) in [6.07, 6.45) is 0. The van der Waals surface area contributed by atoms with Gasteiger partial charge in [-0.05, 0) is 17.7 Å². The molecule has 0 bridgehead atoms. The van der Waals surface area contributed by atoms with Crippen molar-refractivity contribution in [1.82, 2.24) is 4.90 Å². The molecule has 0 aromatic heterocycles. The highest BCUT2D eigenvalue weighted by Gasteiger charge is 2.30. The van der Waals surface area contributed by atoms with Crippen LogP contribution in [0.1, 0.15) is 11.1 Å². The van der Waals surface area contributed by atoms with E-state index in [2.05, 4.69) is 6.07 Å². The van der Waals surface area contributed by atoms with Crippen molar-refractivity contribution in [3.05, 3.63) is 35.4 Å². The smallest absolute Gasteiger partial charge is 0.325 e. The quantitative estimate of drug-likeness (QED) is 0.757. The van der Waals surface area contributed by atoms with E-state index in [0.717, 1.165) is 5.56 Å². The molecule has 2 rings (SSSR count). The van der Waals surface area contributed by atoms with Gasteiger partial charge in [0, 0.05) is 13.1 Å². The number of esters is 1. The number of carbonyl (C=O) groups is 1. The van der Waals surface area contributed by atoms with Gasteiger partial charge in [0.2, 0.25) is 0 Å². The second-order valence-electron chi connectivity index (χ2n) is 4.40. The SMILES string of the molecule is COC(=O)C1COCCN1Cc1cccc(C#N)c1. The third kappa shape index (κ3) is 3.31. The summed E-state index contributed by atoms with van der Waals surface area (Å²) < 4.78 is 10.1.